The third-order valence-electron chi connectivity index (χ3n) is 2.22. The van der Waals surface area contributed by atoms with Gasteiger partial charge in [0.1, 0.15) is 5.82 Å². The van der Waals surface area contributed by atoms with Crippen molar-refractivity contribution in [2.75, 3.05) is 0 Å². The molecule has 0 unspecified atom stereocenters. The number of hydrogen-bond acceptors (Lipinski definition) is 4. The molecule has 7 heteroatoms. The van der Waals surface area contributed by atoms with E-state index < -0.39 is 5.82 Å². The average molecular weight is 255 g/mol. The summed E-state index contributed by atoms with van der Waals surface area (Å²) in [6, 6.07) is 4.42. The van der Waals surface area contributed by atoms with E-state index in [9.17, 15) is 9.18 Å². The van der Waals surface area contributed by atoms with Crippen LogP contribution in [0, 0.1) is 5.82 Å². The predicted octanol–water partition coefficient (Wildman–Crippen LogP) is 0.891. The molecule has 1 heterocycles. The van der Waals surface area contributed by atoms with Crippen LogP contribution in [0.1, 0.15) is 5.56 Å². The van der Waals surface area contributed by atoms with Gasteiger partial charge >= 0.3 is 5.69 Å². The molecule has 90 valence electrons. The van der Waals surface area contributed by atoms with E-state index >= 15 is 0 Å². The maximum absolute atomic E-state index is 13.6. The van der Waals surface area contributed by atoms with E-state index in [4.69, 9.17) is 5.11 Å². The second-order valence-corrected chi connectivity index (χ2v) is 4.40. The van der Waals surface area contributed by atoms with Crippen LogP contribution in [0.2, 0.25) is 0 Å². The molecule has 1 aromatic carbocycles. The number of halogens is 1. The molecule has 0 fully saturated rings. The van der Waals surface area contributed by atoms with Crippen LogP contribution >= 0.6 is 11.8 Å². The number of rotatable bonds is 3. The molecule has 17 heavy (non-hydrogen) atoms. The van der Waals surface area contributed by atoms with Crippen LogP contribution in [-0.2, 0) is 13.7 Å². The molecule has 2 rings (SSSR count). The molecule has 0 saturated heterocycles. The quantitative estimate of drug-likeness (QED) is 0.854. The molecular weight excluding hydrogens is 245 g/mol. The lowest BCUT2D eigenvalue weighted by molar-refractivity contribution is 0.281. The number of benzene rings is 1. The molecule has 2 aromatic rings. The summed E-state index contributed by atoms with van der Waals surface area (Å²) in [7, 11) is 1.55. The minimum atomic E-state index is -0.447. The van der Waals surface area contributed by atoms with E-state index in [1.165, 1.54) is 10.6 Å². The zero-order valence-electron chi connectivity index (χ0n) is 8.98. The molecule has 0 atom stereocenters. The van der Waals surface area contributed by atoms with Gasteiger partial charge < -0.3 is 5.11 Å². The number of aliphatic hydroxyl groups excluding tert-OH is 1. The monoisotopic (exact) mass is 255 g/mol. The lowest BCUT2D eigenvalue weighted by Crippen LogP contribution is -2.12. The largest absolute Gasteiger partial charge is 0.392 e. The predicted molar refractivity (Wildman–Crippen MR) is 60.3 cm³/mol. The van der Waals surface area contributed by atoms with Gasteiger partial charge in [0.25, 0.3) is 0 Å². The molecule has 0 radical (unpaired) electrons. The molecule has 0 bridgehead atoms. The van der Waals surface area contributed by atoms with Gasteiger partial charge in [0.2, 0.25) is 0 Å². The molecule has 0 aliphatic heterocycles. The Kier molecular flexibility index (Phi) is 3.30. The highest BCUT2D eigenvalue weighted by Crippen LogP contribution is 2.27. The van der Waals surface area contributed by atoms with Crippen molar-refractivity contribution in [2.24, 2.45) is 7.05 Å². The molecule has 1 aromatic heterocycles. The SMILES string of the molecule is Cn1c(Sc2ccc(CO)cc2F)n[nH]c1=O. The van der Waals surface area contributed by atoms with Crippen molar-refractivity contribution in [3.63, 3.8) is 0 Å². The van der Waals surface area contributed by atoms with Crippen LogP contribution in [0.15, 0.2) is 33.0 Å². The highest BCUT2D eigenvalue weighted by Gasteiger charge is 2.10. The Balaban J connectivity index is 2.30. The zero-order chi connectivity index (χ0) is 12.4. The fourth-order valence-corrected chi connectivity index (χ4v) is 2.05. The minimum absolute atomic E-state index is 0.206. The van der Waals surface area contributed by atoms with Crippen molar-refractivity contribution in [3.05, 3.63) is 40.1 Å². The number of nitrogens with one attached hydrogen (secondary N) is 1. The summed E-state index contributed by atoms with van der Waals surface area (Å²) >= 11 is 1.04. The number of aromatic amines is 1. The molecule has 0 aliphatic carbocycles. The van der Waals surface area contributed by atoms with E-state index in [0.29, 0.717) is 15.6 Å². The number of aromatic nitrogens is 3. The first kappa shape index (κ1) is 11.9. The first-order valence-electron chi connectivity index (χ1n) is 4.80. The van der Waals surface area contributed by atoms with Gasteiger partial charge in [0.05, 0.1) is 11.5 Å². The Morgan fingerprint density at radius 2 is 2.35 bits per heavy atom. The van der Waals surface area contributed by atoms with Gasteiger partial charge in [-0.25, -0.2) is 14.3 Å². The van der Waals surface area contributed by atoms with E-state index in [1.54, 1.807) is 19.2 Å². The normalized spacial score (nSPS) is 10.8. The summed E-state index contributed by atoms with van der Waals surface area (Å²) in [6.45, 7) is -0.206. The fourth-order valence-electron chi connectivity index (χ4n) is 1.25. The summed E-state index contributed by atoms with van der Waals surface area (Å²) in [5.74, 6) is -0.447. The van der Waals surface area contributed by atoms with Gasteiger partial charge in [-0.15, -0.1) is 5.10 Å². The number of aliphatic hydroxyl groups is 1. The summed E-state index contributed by atoms with van der Waals surface area (Å²) in [5.41, 5.74) is 0.155. The second-order valence-electron chi connectivity index (χ2n) is 3.40. The van der Waals surface area contributed by atoms with E-state index in [1.807, 2.05) is 0 Å². The first-order chi connectivity index (χ1) is 8.11. The van der Waals surface area contributed by atoms with Crippen molar-refractivity contribution in [2.45, 2.75) is 16.7 Å². The number of H-pyrrole nitrogens is 1. The summed E-state index contributed by atoms with van der Waals surface area (Å²) in [6.07, 6.45) is 0. The van der Waals surface area contributed by atoms with E-state index in [0.717, 1.165) is 11.8 Å². The standard InChI is InChI=1S/C10H10FN3O2S/c1-14-9(16)12-13-10(14)17-8-3-2-6(5-15)4-7(8)11/h2-4,15H,5H2,1H3,(H,12,16). The van der Waals surface area contributed by atoms with Gasteiger partial charge in [-0.3, -0.25) is 4.57 Å². The van der Waals surface area contributed by atoms with Crippen molar-refractivity contribution < 1.29 is 9.50 Å². The fraction of sp³-hybridized carbons (Fsp3) is 0.200. The second kappa shape index (κ2) is 4.72. The lowest BCUT2D eigenvalue weighted by Gasteiger charge is -2.03. The molecular formula is C10H10FN3O2S. The van der Waals surface area contributed by atoms with Gasteiger partial charge in [-0.1, -0.05) is 6.07 Å². The molecule has 5 nitrogen and oxygen atoms in total. The van der Waals surface area contributed by atoms with Crippen LogP contribution < -0.4 is 5.69 Å². The van der Waals surface area contributed by atoms with Crippen molar-refractivity contribution in [3.8, 4) is 0 Å². The Bertz CT molecular complexity index is 593. The van der Waals surface area contributed by atoms with Crippen LogP contribution in [-0.4, -0.2) is 19.9 Å². The van der Waals surface area contributed by atoms with Crippen LogP contribution in [0.5, 0.6) is 0 Å². The third kappa shape index (κ3) is 2.40. The molecule has 0 spiro atoms. The molecule has 0 aliphatic rings. The van der Waals surface area contributed by atoms with Crippen LogP contribution in [0.25, 0.3) is 0 Å². The van der Waals surface area contributed by atoms with E-state index in [-0.39, 0.29) is 12.3 Å². The number of nitrogens with zero attached hydrogens (tertiary/aromatic N) is 2. The minimum Gasteiger partial charge on any atom is -0.392 e. The van der Waals surface area contributed by atoms with Crippen molar-refractivity contribution >= 4 is 11.8 Å². The molecule has 0 amide bonds. The Hall–Kier alpha value is -1.60. The van der Waals surface area contributed by atoms with Gasteiger partial charge in [-0.05, 0) is 29.5 Å². The van der Waals surface area contributed by atoms with Crippen molar-refractivity contribution in [1.29, 1.82) is 0 Å². The van der Waals surface area contributed by atoms with Gasteiger partial charge in [0.15, 0.2) is 5.16 Å². The average Bonchev–Trinajstić information content (AvgIpc) is 2.63. The summed E-state index contributed by atoms with van der Waals surface area (Å²) in [5, 5.41) is 15.3. The smallest absolute Gasteiger partial charge is 0.343 e. The highest BCUT2D eigenvalue weighted by atomic mass is 32.2. The Morgan fingerprint density at radius 3 is 2.88 bits per heavy atom. The topological polar surface area (TPSA) is 70.9 Å². The molecule has 2 N–H and O–H groups in total. The van der Waals surface area contributed by atoms with Gasteiger partial charge in [0, 0.05) is 7.05 Å². The maximum Gasteiger partial charge on any atom is 0.343 e. The number of hydrogen-bond donors (Lipinski definition) is 2. The summed E-state index contributed by atoms with van der Waals surface area (Å²) in [4.78, 5) is 11.5. The zero-order valence-corrected chi connectivity index (χ0v) is 9.79. The third-order valence-corrected chi connectivity index (χ3v) is 3.32. The van der Waals surface area contributed by atoms with Crippen LogP contribution in [0.4, 0.5) is 4.39 Å². The summed E-state index contributed by atoms with van der Waals surface area (Å²) < 4.78 is 14.9. The van der Waals surface area contributed by atoms with Crippen LogP contribution in [0.3, 0.4) is 0 Å². The molecule has 0 saturated carbocycles. The van der Waals surface area contributed by atoms with Gasteiger partial charge in [-0.2, -0.15) is 0 Å². The lowest BCUT2D eigenvalue weighted by atomic mass is 10.2. The van der Waals surface area contributed by atoms with E-state index in [2.05, 4.69) is 10.2 Å². The highest BCUT2D eigenvalue weighted by molar-refractivity contribution is 7.99. The Labute approximate surface area is 100 Å². The Morgan fingerprint density at radius 1 is 1.59 bits per heavy atom. The maximum atomic E-state index is 13.6. The first-order valence-corrected chi connectivity index (χ1v) is 5.62. The van der Waals surface area contributed by atoms with Crippen molar-refractivity contribution in [1.82, 2.24) is 14.8 Å².